The number of likely N-dealkylation sites (tertiary alicyclic amines) is 1. The van der Waals surface area contributed by atoms with Crippen molar-refractivity contribution in [2.75, 3.05) is 33.9 Å². The quantitative estimate of drug-likeness (QED) is 0.761. The monoisotopic (exact) mass is 348 g/mol. The van der Waals surface area contributed by atoms with Crippen LogP contribution in [0, 0.1) is 5.92 Å². The molecule has 0 aromatic heterocycles. The highest BCUT2D eigenvalue weighted by Gasteiger charge is 2.32. The molecule has 1 aromatic rings. The molecule has 1 fully saturated rings. The van der Waals surface area contributed by atoms with Crippen molar-refractivity contribution in [1.29, 1.82) is 0 Å². The molecule has 25 heavy (non-hydrogen) atoms. The number of amides is 2. The number of carbonyl (C=O) groups is 2. The summed E-state index contributed by atoms with van der Waals surface area (Å²) < 4.78 is 10.1. The van der Waals surface area contributed by atoms with Crippen LogP contribution in [0.3, 0.4) is 0 Å². The van der Waals surface area contributed by atoms with Crippen molar-refractivity contribution in [3.63, 3.8) is 0 Å². The third-order valence-electron chi connectivity index (χ3n) is 4.69. The molecule has 1 aliphatic rings. The van der Waals surface area contributed by atoms with Gasteiger partial charge in [-0.05, 0) is 37.5 Å². The van der Waals surface area contributed by atoms with E-state index in [1.165, 1.54) is 0 Å². The lowest BCUT2D eigenvalue weighted by Gasteiger charge is -2.37. The predicted octanol–water partition coefficient (Wildman–Crippen LogP) is 1.63. The van der Waals surface area contributed by atoms with Crippen molar-refractivity contribution >= 4 is 11.8 Å². The number of methoxy groups -OCH3 is 2. The maximum Gasteiger partial charge on any atom is 0.227 e. The Hall–Kier alpha value is -2.08. The Morgan fingerprint density at radius 3 is 2.56 bits per heavy atom. The summed E-state index contributed by atoms with van der Waals surface area (Å²) in [6.45, 7) is 3.52. The summed E-state index contributed by atoms with van der Waals surface area (Å²) in [5, 5.41) is 2.87. The van der Waals surface area contributed by atoms with E-state index in [2.05, 4.69) is 5.32 Å². The average Bonchev–Trinajstić information content (AvgIpc) is 2.62. The van der Waals surface area contributed by atoms with Crippen molar-refractivity contribution in [2.45, 2.75) is 32.2 Å². The van der Waals surface area contributed by atoms with E-state index in [9.17, 15) is 9.59 Å². The number of nitrogens with one attached hydrogen (secondary N) is 1. The fraction of sp³-hybridized carbons (Fsp3) is 0.579. The molecule has 138 valence electrons. The van der Waals surface area contributed by atoms with Gasteiger partial charge in [0.2, 0.25) is 11.8 Å². The van der Waals surface area contributed by atoms with Gasteiger partial charge in [0, 0.05) is 26.2 Å². The molecule has 2 atom stereocenters. The number of nitrogens with zero attached hydrogens (tertiary/aromatic N) is 1. The zero-order valence-corrected chi connectivity index (χ0v) is 15.3. The number of hydrogen-bond acceptors (Lipinski definition) is 4. The van der Waals surface area contributed by atoms with Gasteiger partial charge in [0.1, 0.15) is 5.75 Å². The molecule has 1 aliphatic heterocycles. The Morgan fingerprint density at radius 2 is 1.92 bits per heavy atom. The van der Waals surface area contributed by atoms with Crippen molar-refractivity contribution in [3.8, 4) is 5.75 Å². The summed E-state index contributed by atoms with van der Waals surface area (Å²) in [6, 6.07) is 7.68. The summed E-state index contributed by atoms with van der Waals surface area (Å²) in [5.41, 5.74) is 0.949. The maximum absolute atomic E-state index is 12.7. The van der Waals surface area contributed by atoms with Crippen LogP contribution >= 0.6 is 0 Å². The summed E-state index contributed by atoms with van der Waals surface area (Å²) in [5.74, 6) is 0.696. The standard InChI is InChI=1S/C19H28N2O4/c1-14-4-7-16(19(23)20-10-11-24-2)13-21(14)18(22)12-15-5-8-17(25-3)9-6-15/h5-6,8-9,14,16H,4,7,10-13H2,1-3H3,(H,20,23)/t14-,16-/m1/s1. The minimum atomic E-state index is -0.145. The predicted molar refractivity (Wildman–Crippen MR) is 95.5 cm³/mol. The van der Waals surface area contributed by atoms with Gasteiger partial charge >= 0.3 is 0 Å². The average molecular weight is 348 g/mol. The number of benzene rings is 1. The Morgan fingerprint density at radius 1 is 1.20 bits per heavy atom. The molecule has 1 aromatic carbocycles. The van der Waals surface area contributed by atoms with E-state index in [0.717, 1.165) is 24.2 Å². The van der Waals surface area contributed by atoms with Gasteiger partial charge in [-0.2, -0.15) is 0 Å². The summed E-state index contributed by atoms with van der Waals surface area (Å²) >= 11 is 0. The second-order valence-corrected chi connectivity index (χ2v) is 6.48. The van der Waals surface area contributed by atoms with E-state index >= 15 is 0 Å². The van der Waals surface area contributed by atoms with Gasteiger partial charge < -0.3 is 19.7 Å². The van der Waals surface area contributed by atoms with Gasteiger partial charge in [-0.3, -0.25) is 9.59 Å². The van der Waals surface area contributed by atoms with Crippen molar-refractivity contribution < 1.29 is 19.1 Å². The van der Waals surface area contributed by atoms with Crippen LogP contribution in [0.15, 0.2) is 24.3 Å². The van der Waals surface area contributed by atoms with Gasteiger partial charge in [-0.1, -0.05) is 12.1 Å². The summed E-state index contributed by atoms with van der Waals surface area (Å²) in [4.78, 5) is 26.8. The summed E-state index contributed by atoms with van der Waals surface area (Å²) in [6.07, 6.45) is 2.00. The highest BCUT2D eigenvalue weighted by atomic mass is 16.5. The van der Waals surface area contributed by atoms with Crippen LogP contribution in [0.1, 0.15) is 25.3 Å². The lowest BCUT2D eigenvalue weighted by molar-refractivity contribution is -0.137. The van der Waals surface area contributed by atoms with E-state index in [4.69, 9.17) is 9.47 Å². The molecule has 0 aliphatic carbocycles. The van der Waals surface area contributed by atoms with Crippen LogP contribution in [0.4, 0.5) is 0 Å². The number of carbonyl (C=O) groups excluding carboxylic acids is 2. The van der Waals surface area contributed by atoms with E-state index in [0.29, 0.717) is 26.1 Å². The molecule has 2 amide bonds. The lowest BCUT2D eigenvalue weighted by atomic mass is 9.92. The zero-order valence-electron chi connectivity index (χ0n) is 15.3. The molecule has 0 saturated carbocycles. The molecule has 6 heteroatoms. The minimum absolute atomic E-state index is 0.00574. The van der Waals surface area contributed by atoms with Gasteiger partial charge in [0.15, 0.2) is 0 Å². The lowest BCUT2D eigenvalue weighted by Crippen LogP contribution is -2.50. The molecule has 1 N–H and O–H groups in total. The van der Waals surface area contributed by atoms with Crippen molar-refractivity contribution in [2.24, 2.45) is 5.92 Å². The highest BCUT2D eigenvalue weighted by molar-refractivity contribution is 5.82. The van der Waals surface area contributed by atoms with Crippen LogP contribution in [0.5, 0.6) is 5.75 Å². The molecule has 6 nitrogen and oxygen atoms in total. The van der Waals surface area contributed by atoms with Crippen LogP contribution < -0.4 is 10.1 Å². The molecule has 0 radical (unpaired) electrons. The third-order valence-corrected chi connectivity index (χ3v) is 4.69. The molecular weight excluding hydrogens is 320 g/mol. The summed E-state index contributed by atoms with van der Waals surface area (Å²) in [7, 11) is 3.22. The first-order valence-electron chi connectivity index (χ1n) is 8.74. The Bertz CT molecular complexity index is 573. The zero-order chi connectivity index (χ0) is 18.2. The van der Waals surface area contributed by atoms with E-state index in [-0.39, 0.29) is 23.8 Å². The fourth-order valence-corrected chi connectivity index (χ4v) is 3.11. The largest absolute Gasteiger partial charge is 0.497 e. The molecule has 0 unspecified atom stereocenters. The van der Waals surface area contributed by atoms with Crippen LogP contribution in [0.2, 0.25) is 0 Å². The smallest absolute Gasteiger partial charge is 0.227 e. The molecule has 0 bridgehead atoms. The molecule has 0 spiro atoms. The Labute approximate surface area is 149 Å². The molecule has 1 heterocycles. The van der Waals surface area contributed by atoms with Crippen LogP contribution in [0.25, 0.3) is 0 Å². The third kappa shape index (κ3) is 5.46. The van der Waals surface area contributed by atoms with E-state index in [1.54, 1.807) is 14.2 Å². The Kier molecular flexibility index (Phi) is 7.25. The van der Waals surface area contributed by atoms with Crippen molar-refractivity contribution in [1.82, 2.24) is 10.2 Å². The normalized spacial score (nSPS) is 20.2. The SMILES string of the molecule is COCCNC(=O)[C@@H]1CC[C@@H](C)N(C(=O)Cc2ccc(OC)cc2)C1. The first-order chi connectivity index (χ1) is 12.0. The van der Waals surface area contributed by atoms with Crippen LogP contribution in [-0.4, -0.2) is 56.7 Å². The number of ether oxygens (including phenoxy) is 2. The van der Waals surface area contributed by atoms with Crippen molar-refractivity contribution in [3.05, 3.63) is 29.8 Å². The second-order valence-electron chi connectivity index (χ2n) is 6.48. The molecule has 2 rings (SSSR count). The minimum Gasteiger partial charge on any atom is -0.497 e. The van der Waals surface area contributed by atoms with Gasteiger partial charge in [0.25, 0.3) is 0 Å². The first kappa shape index (κ1) is 19.2. The van der Waals surface area contributed by atoms with E-state index < -0.39 is 0 Å². The maximum atomic E-state index is 12.7. The molecule has 1 saturated heterocycles. The van der Waals surface area contributed by atoms with Gasteiger partial charge in [0.05, 0.1) is 26.1 Å². The molecular formula is C19H28N2O4. The highest BCUT2D eigenvalue weighted by Crippen LogP contribution is 2.23. The van der Waals surface area contributed by atoms with Crippen LogP contribution in [-0.2, 0) is 20.7 Å². The van der Waals surface area contributed by atoms with E-state index in [1.807, 2.05) is 36.1 Å². The second kappa shape index (κ2) is 9.42. The topological polar surface area (TPSA) is 67.9 Å². The number of hydrogen-bond donors (Lipinski definition) is 1. The number of rotatable bonds is 7. The number of piperidine rings is 1. The van der Waals surface area contributed by atoms with Gasteiger partial charge in [-0.25, -0.2) is 0 Å². The van der Waals surface area contributed by atoms with Gasteiger partial charge in [-0.15, -0.1) is 0 Å². The fourth-order valence-electron chi connectivity index (χ4n) is 3.11. The Balaban J connectivity index is 1.93. The first-order valence-corrected chi connectivity index (χ1v) is 8.74.